The zero-order valence-electron chi connectivity index (χ0n) is 15.6. The summed E-state index contributed by atoms with van der Waals surface area (Å²) in [5, 5.41) is 0. The first kappa shape index (κ1) is 19.5. The standard InChI is InChI=1S/C18H28N2O.C2H6/c1-4-9-20(10-8-14-6-7-14)16-11-15(5-2)13(3)17(12-16)18(19)21;1-2/h11-12,14H,4-10H2,1-3H3,(H2,19,21);1-2H3. The van der Waals surface area contributed by atoms with Crippen molar-refractivity contribution in [1.29, 1.82) is 0 Å². The average Bonchev–Trinajstić information content (AvgIpc) is 3.37. The van der Waals surface area contributed by atoms with E-state index in [-0.39, 0.29) is 5.91 Å². The number of benzene rings is 1. The van der Waals surface area contributed by atoms with E-state index >= 15 is 0 Å². The maximum absolute atomic E-state index is 11.7. The van der Waals surface area contributed by atoms with Crippen molar-refractivity contribution in [3.63, 3.8) is 0 Å². The van der Waals surface area contributed by atoms with E-state index < -0.39 is 0 Å². The molecule has 2 N–H and O–H groups in total. The van der Waals surface area contributed by atoms with Crippen molar-refractivity contribution < 1.29 is 4.79 Å². The fourth-order valence-electron chi connectivity index (χ4n) is 2.95. The smallest absolute Gasteiger partial charge is 0.249 e. The minimum atomic E-state index is -0.317. The SMILES string of the molecule is CC.CCCN(CCC1CC1)c1cc(CC)c(C)c(C(N)=O)c1. The molecule has 1 fully saturated rings. The Morgan fingerprint density at radius 1 is 1.22 bits per heavy atom. The number of carbonyl (C=O) groups is 1. The van der Waals surface area contributed by atoms with Crippen LogP contribution >= 0.6 is 0 Å². The third-order valence-corrected chi connectivity index (χ3v) is 4.51. The molecule has 1 aromatic rings. The first-order valence-electron chi connectivity index (χ1n) is 9.25. The Morgan fingerprint density at radius 2 is 1.87 bits per heavy atom. The van der Waals surface area contributed by atoms with Gasteiger partial charge in [0.15, 0.2) is 0 Å². The van der Waals surface area contributed by atoms with Gasteiger partial charge >= 0.3 is 0 Å². The van der Waals surface area contributed by atoms with Crippen LogP contribution < -0.4 is 10.6 Å². The molecular formula is C20H34N2O. The maximum Gasteiger partial charge on any atom is 0.249 e. The van der Waals surface area contributed by atoms with Gasteiger partial charge < -0.3 is 10.6 Å². The van der Waals surface area contributed by atoms with Crippen LogP contribution in [0, 0.1) is 12.8 Å². The fourth-order valence-corrected chi connectivity index (χ4v) is 2.95. The van der Waals surface area contributed by atoms with Crippen LogP contribution in [-0.4, -0.2) is 19.0 Å². The Hall–Kier alpha value is -1.51. The molecule has 23 heavy (non-hydrogen) atoms. The summed E-state index contributed by atoms with van der Waals surface area (Å²) >= 11 is 0. The molecule has 3 nitrogen and oxygen atoms in total. The highest BCUT2D eigenvalue weighted by Crippen LogP contribution is 2.33. The predicted octanol–water partition coefficient (Wildman–Crippen LogP) is 4.70. The van der Waals surface area contributed by atoms with Crippen molar-refractivity contribution >= 4 is 11.6 Å². The number of amides is 1. The number of hydrogen-bond acceptors (Lipinski definition) is 2. The summed E-state index contributed by atoms with van der Waals surface area (Å²) in [4.78, 5) is 14.1. The fraction of sp³-hybridized carbons (Fsp3) is 0.650. The van der Waals surface area contributed by atoms with Crippen molar-refractivity contribution in [2.24, 2.45) is 11.7 Å². The maximum atomic E-state index is 11.7. The molecule has 0 aliphatic heterocycles. The number of hydrogen-bond donors (Lipinski definition) is 1. The lowest BCUT2D eigenvalue weighted by atomic mass is 9.98. The molecule has 0 aromatic heterocycles. The van der Waals surface area contributed by atoms with E-state index in [9.17, 15) is 4.79 Å². The number of anilines is 1. The molecule has 0 atom stereocenters. The van der Waals surface area contributed by atoms with Crippen LogP contribution in [-0.2, 0) is 6.42 Å². The zero-order chi connectivity index (χ0) is 17.4. The van der Waals surface area contributed by atoms with Crippen molar-refractivity contribution in [3.8, 4) is 0 Å². The van der Waals surface area contributed by atoms with Crippen LogP contribution in [0.5, 0.6) is 0 Å². The summed E-state index contributed by atoms with van der Waals surface area (Å²) < 4.78 is 0. The van der Waals surface area contributed by atoms with E-state index in [1.54, 1.807) is 0 Å². The second-order valence-corrected chi connectivity index (χ2v) is 6.21. The molecule has 1 aliphatic carbocycles. The lowest BCUT2D eigenvalue weighted by molar-refractivity contribution is 0.0999. The highest BCUT2D eigenvalue weighted by molar-refractivity contribution is 5.95. The van der Waals surface area contributed by atoms with E-state index in [2.05, 4.69) is 24.8 Å². The number of nitrogens with two attached hydrogens (primary N) is 1. The number of rotatable bonds is 8. The molecule has 1 aromatic carbocycles. The van der Waals surface area contributed by atoms with Gasteiger partial charge in [0.05, 0.1) is 0 Å². The van der Waals surface area contributed by atoms with E-state index in [0.717, 1.165) is 43.1 Å². The largest absolute Gasteiger partial charge is 0.372 e. The summed E-state index contributed by atoms with van der Waals surface area (Å²) in [5.41, 5.74) is 9.66. The molecule has 3 heteroatoms. The van der Waals surface area contributed by atoms with Gasteiger partial charge in [0, 0.05) is 24.3 Å². The quantitative estimate of drug-likeness (QED) is 0.755. The molecule has 1 amide bonds. The van der Waals surface area contributed by atoms with Gasteiger partial charge in [0.1, 0.15) is 0 Å². The Labute approximate surface area is 142 Å². The molecule has 0 bridgehead atoms. The van der Waals surface area contributed by atoms with E-state index in [0.29, 0.717) is 5.56 Å². The summed E-state index contributed by atoms with van der Waals surface area (Å²) in [7, 11) is 0. The molecule has 2 rings (SSSR count). The minimum Gasteiger partial charge on any atom is -0.372 e. The van der Waals surface area contributed by atoms with Crippen LogP contribution in [0.2, 0.25) is 0 Å². The minimum absolute atomic E-state index is 0.317. The topological polar surface area (TPSA) is 46.3 Å². The molecule has 0 heterocycles. The summed E-state index contributed by atoms with van der Waals surface area (Å²) in [5.74, 6) is 0.610. The third kappa shape index (κ3) is 5.56. The molecule has 0 saturated heterocycles. The monoisotopic (exact) mass is 318 g/mol. The van der Waals surface area contributed by atoms with Crippen LogP contribution in [0.25, 0.3) is 0 Å². The van der Waals surface area contributed by atoms with Crippen LogP contribution in [0.15, 0.2) is 12.1 Å². The highest BCUT2D eigenvalue weighted by Gasteiger charge is 2.22. The Kier molecular flexibility index (Phi) is 8.15. The Bertz CT molecular complexity index is 507. The molecule has 0 radical (unpaired) electrons. The summed E-state index contributed by atoms with van der Waals surface area (Å²) in [6.07, 6.45) is 6.09. The van der Waals surface area contributed by atoms with Crippen molar-refractivity contribution in [2.45, 2.75) is 66.7 Å². The normalized spacial score (nSPS) is 13.3. The average molecular weight is 319 g/mol. The van der Waals surface area contributed by atoms with E-state index in [4.69, 9.17) is 5.73 Å². The Balaban J connectivity index is 0.00000127. The van der Waals surface area contributed by atoms with Gasteiger partial charge in [-0.3, -0.25) is 4.79 Å². The lowest BCUT2D eigenvalue weighted by Crippen LogP contribution is -2.26. The van der Waals surface area contributed by atoms with Gasteiger partial charge in [-0.15, -0.1) is 0 Å². The van der Waals surface area contributed by atoms with Gasteiger partial charge in [0.2, 0.25) is 5.91 Å². The lowest BCUT2D eigenvalue weighted by Gasteiger charge is -2.26. The van der Waals surface area contributed by atoms with Crippen molar-refractivity contribution in [1.82, 2.24) is 0 Å². The zero-order valence-corrected chi connectivity index (χ0v) is 15.6. The summed E-state index contributed by atoms with van der Waals surface area (Å²) in [6.45, 7) is 12.5. The van der Waals surface area contributed by atoms with E-state index in [1.807, 2.05) is 26.8 Å². The van der Waals surface area contributed by atoms with E-state index in [1.165, 1.54) is 24.8 Å². The van der Waals surface area contributed by atoms with Gasteiger partial charge in [-0.2, -0.15) is 0 Å². The summed E-state index contributed by atoms with van der Waals surface area (Å²) in [6, 6.07) is 4.23. The predicted molar refractivity (Wildman–Crippen MR) is 100 cm³/mol. The molecule has 0 spiro atoms. The number of nitrogens with zero attached hydrogens (tertiary/aromatic N) is 1. The number of carbonyl (C=O) groups excluding carboxylic acids is 1. The first-order valence-corrected chi connectivity index (χ1v) is 9.25. The second-order valence-electron chi connectivity index (χ2n) is 6.21. The number of aryl methyl sites for hydroxylation is 1. The van der Waals surface area contributed by atoms with Gasteiger partial charge in [-0.1, -0.05) is 40.5 Å². The van der Waals surface area contributed by atoms with Crippen molar-refractivity contribution in [3.05, 3.63) is 28.8 Å². The third-order valence-electron chi connectivity index (χ3n) is 4.51. The van der Waals surface area contributed by atoms with Crippen LogP contribution in [0.1, 0.15) is 74.9 Å². The molecule has 1 aliphatic rings. The molecule has 1 saturated carbocycles. The molecular weight excluding hydrogens is 284 g/mol. The van der Waals surface area contributed by atoms with Gasteiger partial charge in [0.25, 0.3) is 0 Å². The van der Waals surface area contributed by atoms with Crippen LogP contribution in [0.3, 0.4) is 0 Å². The first-order chi connectivity index (χ1) is 11.1. The van der Waals surface area contributed by atoms with Gasteiger partial charge in [-0.25, -0.2) is 0 Å². The molecule has 130 valence electrons. The molecule has 0 unspecified atom stereocenters. The second kappa shape index (κ2) is 9.59. The van der Waals surface area contributed by atoms with Gasteiger partial charge in [-0.05, 0) is 55.4 Å². The van der Waals surface area contributed by atoms with Crippen LogP contribution in [0.4, 0.5) is 5.69 Å². The Morgan fingerprint density at radius 3 is 2.35 bits per heavy atom. The highest BCUT2D eigenvalue weighted by atomic mass is 16.1. The number of primary amides is 1. The van der Waals surface area contributed by atoms with Crippen molar-refractivity contribution in [2.75, 3.05) is 18.0 Å².